The molecule has 1 atom stereocenters. The zero-order valence-electron chi connectivity index (χ0n) is 17.6. The summed E-state index contributed by atoms with van der Waals surface area (Å²) in [6.07, 6.45) is 1.59. The predicted octanol–water partition coefficient (Wildman–Crippen LogP) is 3.02. The quantitative estimate of drug-likeness (QED) is 0.289. The molecule has 0 radical (unpaired) electrons. The fourth-order valence-corrected chi connectivity index (χ4v) is 3.42. The number of aliphatic hydroxyl groups is 1. The van der Waals surface area contributed by atoms with Crippen LogP contribution in [0.3, 0.4) is 0 Å². The lowest BCUT2D eigenvalue weighted by molar-refractivity contribution is 0.184. The van der Waals surface area contributed by atoms with Crippen LogP contribution < -0.4 is 15.4 Å². The van der Waals surface area contributed by atoms with Gasteiger partial charge in [-0.05, 0) is 43.4 Å². The van der Waals surface area contributed by atoms with Crippen LogP contribution in [0.5, 0.6) is 5.75 Å². The Morgan fingerprint density at radius 1 is 1.32 bits per heavy atom. The van der Waals surface area contributed by atoms with Gasteiger partial charge in [-0.3, -0.25) is 4.99 Å². The number of hydrogen-bond donors (Lipinski definition) is 3. The van der Waals surface area contributed by atoms with E-state index in [0.717, 1.165) is 49.7 Å². The lowest BCUT2D eigenvalue weighted by Crippen LogP contribution is -2.49. The van der Waals surface area contributed by atoms with Crippen LogP contribution in [0.4, 0.5) is 0 Å². The van der Waals surface area contributed by atoms with Crippen molar-refractivity contribution < 1.29 is 9.84 Å². The molecule has 6 nitrogen and oxygen atoms in total. The molecule has 0 aromatic heterocycles. The van der Waals surface area contributed by atoms with Gasteiger partial charge in [-0.25, -0.2) is 0 Å². The van der Waals surface area contributed by atoms with Gasteiger partial charge in [0, 0.05) is 32.2 Å². The van der Waals surface area contributed by atoms with Crippen molar-refractivity contribution in [2.75, 3.05) is 39.8 Å². The van der Waals surface area contributed by atoms with E-state index in [1.165, 1.54) is 6.54 Å². The molecular weight excluding hydrogens is 467 g/mol. The van der Waals surface area contributed by atoms with Crippen molar-refractivity contribution in [3.63, 3.8) is 0 Å². The Morgan fingerprint density at radius 2 is 2.04 bits per heavy atom. The summed E-state index contributed by atoms with van der Waals surface area (Å²) in [7, 11) is 1.63. The van der Waals surface area contributed by atoms with Crippen LogP contribution in [0.15, 0.2) is 29.3 Å². The number of guanidine groups is 1. The van der Waals surface area contributed by atoms with E-state index in [2.05, 4.69) is 41.3 Å². The van der Waals surface area contributed by atoms with Crippen molar-refractivity contribution in [1.29, 1.82) is 0 Å². The molecule has 0 saturated carbocycles. The molecule has 1 aliphatic heterocycles. The zero-order chi connectivity index (χ0) is 19.6. The van der Waals surface area contributed by atoms with Crippen LogP contribution >= 0.6 is 24.0 Å². The van der Waals surface area contributed by atoms with Gasteiger partial charge in [0.25, 0.3) is 0 Å². The first-order chi connectivity index (χ1) is 13.0. The fourth-order valence-electron chi connectivity index (χ4n) is 3.42. The smallest absolute Gasteiger partial charge is 0.191 e. The number of methoxy groups -OCH3 is 1. The number of nitrogens with one attached hydrogen (secondary N) is 2. The number of benzene rings is 1. The second kappa shape index (κ2) is 13.2. The molecule has 160 valence electrons. The second-order valence-electron chi connectivity index (χ2n) is 7.63. The zero-order valence-corrected chi connectivity index (χ0v) is 20.0. The van der Waals surface area contributed by atoms with Crippen molar-refractivity contribution in [3.8, 4) is 5.75 Å². The predicted molar refractivity (Wildman–Crippen MR) is 127 cm³/mol. The van der Waals surface area contributed by atoms with E-state index < -0.39 is 6.10 Å². The summed E-state index contributed by atoms with van der Waals surface area (Å²) in [5.74, 6) is 2.24. The highest BCUT2D eigenvalue weighted by atomic mass is 127. The van der Waals surface area contributed by atoms with Gasteiger partial charge in [0.2, 0.25) is 0 Å². The molecule has 1 aliphatic rings. The molecule has 1 aromatic carbocycles. The van der Waals surface area contributed by atoms with Crippen LogP contribution in [0, 0.1) is 5.92 Å². The van der Waals surface area contributed by atoms with E-state index in [1.807, 2.05) is 24.3 Å². The average molecular weight is 504 g/mol. The SMILES string of the molecule is CCNC(=NCC(O)c1cccc(OC)c1)NC1CCN(CC(C)C)CC1.I. The maximum atomic E-state index is 10.5. The topological polar surface area (TPSA) is 69.1 Å². The highest BCUT2D eigenvalue weighted by Crippen LogP contribution is 2.19. The van der Waals surface area contributed by atoms with Crippen LogP contribution in [-0.2, 0) is 0 Å². The molecule has 1 unspecified atom stereocenters. The molecule has 1 saturated heterocycles. The van der Waals surface area contributed by atoms with Crippen LogP contribution in [-0.4, -0.2) is 61.8 Å². The van der Waals surface area contributed by atoms with Crippen LogP contribution in [0.2, 0.25) is 0 Å². The number of rotatable bonds is 8. The number of halogens is 1. The van der Waals surface area contributed by atoms with E-state index in [4.69, 9.17) is 4.74 Å². The van der Waals surface area contributed by atoms with E-state index >= 15 is 0 Å². The summed E-state index contributed by atoms with van der Waals surface area (Å²) in [4.78, 5) is 7.14. The van der Waals surface area contributed by atoms with Crippen molar-refractivity contribution in [1.82, 2.24) is 15.5 Å². The largest absolute Gasteiger partial charge is 0.497 e. The standard InChI is InChI=1S/C21H36N4O2.HI/c1-5-22-21(24-18-9-11-25(12-10-18)15-16(2)3)23-14-20(26)17-7-6-8-19(13-17)27-4;/h6-8,13,16,18,20,26H,5,9-12,14-15H2,1-4H3,(H2,22,23,24);1H. The Kier molecular flexibility index (Phi) is 11.8. The maximum Gasteiger partial charge on any atom is 0.191 e. The van der Waals surface area contributed by atoms with Gasteiger partial charge in [0.1, 0.15) is 5.75 Å². The summed E-state index contributed by atoms with van der Waals surface area (Å²) in [5, 5.41) is 17.3. The van der Waals surface area contributed by atoms with Gasteiger partial charge >= 0.3 is 0 Å². The molecular formula is C21H37IN4O2. The van der Waals surface area contributed by atoms with Crippen molar-refractivity contribution >= 4 is 29.9 Å². The molecule has 0 aliphatic carbocycles. The monoisotopic (exact) mass is 504 g/mol. The molecule has 1 heterocycles. The lowest BCUT2D eigenvalue weighted by Gasteiger charge is -2.34. The number of hydrogen-bond acceptors (Lipinski definition) is 4. The van der Waals surface area contributed by atoms with Gasteiger partial charge in [-0.2, -0.15) is 0 Å². The van der Waals surface area contributed by atoms with E-state index in [1.54, 1.807) is 7.11 Å². The number of piperidine rings is 1. The van der Waals surface area contributed by atoms with Gasteiger partial charge in [0.15, 0.2) is 5.96 Å². The third-order valence-electron chi connectivity index (χ3n) is 4.80. The highest BCUT2D eigenvalue weighted by Gasteiger charge is 2.20. The maximum absolute atomic E-state index is 10.5. The lowest BCUT2D eigenvalue weighted by atomic mass is 10.0. The molecule has 0 bridgehead atoms. The Labute approximate surface area is 187 Å². The molecule has 2 rings (SSSR count). The number of likely N-dealkylation sites (tertiary alicyclic amines) is 1. The Morgan fingerprint density at radius 3 is 2.64 bits per heavy atom. The van der Waals surface area contributed by atoms with Crippen LogP contribution in [0.1, 0.15) is 45.3 Å². The fraction of sp³-hybridized carbons (Fsp3) is 0.667. The van der Waals surface area contributed by atoms with E-state index in [0.29, 0.717) is 18.5 Å². The summed E-state index contributed by atoms with van der Waals surface area (Å²) < 4.78 is 5.23. The van der Waals surface area contributed by atoms with Gasteiger partial charge in [0.05, 0.1) is 19.8 Å². The first-order valence-electron chi connectivity index (χ1n) is 10.1. The highest BCUT2D eigenvalue weighted by molar-refractivity contribution is 14.0. The summed E-state index contributed by atoms with van der Waals surface area (Å²) in [6, 6.07) is 7.94. The second-order valence-corrected chi connectivity index (χ2v) is 7.63. The Balaban J connectivity index is 0.00000392. The molecule has 7 heteroatoms. The minimum atomic E-state index is -0.650. The normalized spacial score (nSPS) is 17.1. The third-order valence-corrected chi connectivity index (χ3v) is 4.80. The first-order valence-corrected chi connectivity index (χ1v) is 10.1. The molecule has 28 heavy (non-hydrogen) atoms. The number of ether oxygens (including phenoxy) is 1. The van der Waals surface area contributed by atoms with Crippen molar-refractivity contribution in [3.05, 3.63) is 29.8 Å². The molecule has 3 N–H and O–H groups in total. The van der Waals surface area contributed by atoms with Gasteiger partial charge in [-0.15, -0.1) is 24.0 Å². The Bertz CT molecular complexity index is 590. The molecule has 0 spiro atoms. The first kappa shape index (κ1) is 25.0. The molecule has 0 amide bonds. The number of aliphatic imine (C=N–C) groups is 1. The van der Waals surface area contributed by atoms with Gasteiger partial charge < -0.3 is 25.4 Å². The summed E-state index contributed by atoms with van der Waals surface area (Å²) >= 11 is 0. The Hall–Kier alpha value is -1.06. The van der Waals surface area contributed by atoms with Crippen LogP contribution in [0.25, 0.3) is 0 Å². The third kappa shape index (κ3) is 8.53. The molecule has 1 fully saturated rings. The number of aliphatic hydroxyl groups excluding tert-OH is 1. The van der Waals surface area contributed by atoms with E-state index in [-0.39, 0.29) is 24.0 Å². The molecule has 1 aromatic rings. The average Bonchev–Trinajstić information content (AvgIpc) is 2.67. The van der Waals surface area contributed by atoms with Crippen molar-refractivity contribution in [2.45, 2.75) is 45.8 Å². The summed E-state index contributed by atoms with van der Waals surface area (Å²) in [6.45, 7) is 11.1. The summed E-state index contributed by atoms with van der Waals surface area (Å²) in [5.41, 5.74) is 0.816. The van der Waals surface area contributed by atoms with E-state index in [9.17, 15) is 5.11 Å². The van der Waals surface area contributed by atoms with Gasteiger partial charge in [-0.1, -0.05) is 26.0 Å². The van der Waals surface area contributed by atoms with Crippen molar-refractivity contribution in [2.24, 2.45) is 10.9 Å². The minimum Gasteiger partial charge on any atom is -0.497 e. The minimum absolute atomic E-state index is 0. The number of nitrogens with zero attached hydrogens (tertiary/aromatic N) is 2.